The molecule has 1 aliphatic heterocycles. The van der Waals surface area contributed by atoms with Crippen LogP contribution < -0.4 is 0 Å². The number of halogens is 1. The second-order valence-electron chi connectivity index (χ2n) is 3.23. The zero-order chi connectivity index (χ0) is 12.3. The zero-order valence-corrected chi connectivity index (χ0v) is 10.4. The van der Waals surface area contributed by atoms with Crippen molar-refractivity contribution in [2.24, 2.45) is 0 Å². The Bertz CT molecular complexity index is 315. The van der Waals surface area contributed by atoms with Crippen LogP contribution in [0, 0.1) is 0 Å². The largest absolute Gasteiger partial charge is 0.454 e. The topological polar surface area (TPSA) is 78.9 Å². The highest BCUT2D eigenvalue weighted by Gasteiger charge is 2.48. The van der Waals surface area contributed by atoms with Gasteiger partial charge in [-0.25, -0.2) is 4.79 Å². The Kier molecular flexibility index (Phi) is 4.28. The van der Waals surface area contributed by atoms with E-state index in [4.69, 9.17) is 14.2 Å². The average molecular weight is 295 g/mol. The van der Waals surface area contributed by atoms with Gasteiger partial charge in [0.15, 0.2) is 12.2 Å². The third kappa shape index (κ3) is 2.94. The smallest absolute Gasteiger partial charge is 0.352 e. The van der Waals surface area contributed by atoms with Gasteiger partial charge in [0, 0.05) is 19.2 Å². The van der Waals surface area contributed by atoms with Crippen molar-refractivity contribution < 1.29 is 28.6 Å². The van der Waals surface area contributed by atoms with Gasteiger partial charge in [0.05, 0.1) is 0 Å². The summed E-state index contributed by atoms with van der Waals surface area (Å²) in [6.45, 7) is 2.37. The van der Waals surface area contributed by atoms with Gasteiger partial charge < -0.3 is 14.2 Å². The van der Waals surface area contributed by atoms with Crippen LogP contribution in [0.4, 0.5) is 0 Å². The number of hydrogen-bond acceptors (Lipinski definition) is 6. The number of rotatable bonds is 3. The molecule has 0 aromatic carbocycles. The molecule has 90 valence electrons. The van der Waals surface area contributed by atoms with Crippen LogP contribution in [0.25, 0.3) is 0 Å². The van der Waals surface area contributed by atoms with Crippen molar-refractivity contribution in [3.8, 4) is 0 Å². The molecule has 0 bridgehead atoms. The predicted molar refractivity (Wildman–Crippen MR) is 54.8 cm³/mol. The monoisotopic (exact) mass is 294 g/mol. The normalized spacial score (nSPS) is 28.4. The minimum absolute atomic E-state index is 0.300. The molecule has 1 heterocycles. The first-order valence-corrected chi connectivity index (χ1v) is 5.68. The molecule has 0 aliphatic carbocycles. The number of carbonyl (C=O) groups is 3. The third-order valence-electron chi connectivity index (χ3n) is 1.91. The molecule has 0 spiro atoms. The highest BCUT2D eigenvalue weighted by atomic mass is 79.9. The molecule has 0 unspecified atom stereocenters. The van der Waals surface area contributed by atoms with Crippen LogP contribution >= 0.6 is 15.9 Å². The summed E-state index contributed by atoms with van der Waals surface area (Å²) in [6, 6.07) is 0. The average Bonchev–Trinajstić information content (AvgIpc) is 2.44. The van der Waals surface area contributed by atoms with Crippen LogP contribution in [-0.2, 0) is 28.6 Å². The van der Waals surface area contributed by atoms with Crippen LogP contribution in [0.2, 0.25) is 0 Å². The second kappa shape index (κ2) is 5.29. The van der Waals surface area contributed by atoms with Gasteiger partial charge in [0.2, 0.25) is 6.10 Å². The van der Waals surface area contributed by atoms with E-state index in [1.54, 1.807) is 0 Å². The van der Waals surface area contributed by atoms with E-state index in [9.17, 15) is 14.4 Å². The van der Waals surface area contributed by atoms with Crippen LogP contribution in [0.1, 0.15) is 13.8 Å². The number of hydrogen-bond donors (Lipinski definition) is 0. The molecule has 0 saturated carbocycles. The molecule has 0 amide bonds. The van der Waals surface area contributed by atoms with E-state index in [0.717, 1.165) is 0 Å². The standard InChI is InChI=1S/C9H11BrO6/c1-4(11)14-7-6(3-10)16-9(13)8(7)15-5(2)12/h6-8H,3H2,1-2H3/t6-,7-,8-/m1/s1. The first kappa shape index (κ1) is 13.0. The van der Waals surface area contributed by atoms with Gasteiger partial charge >= 0.3 is 17.9 Å². The fourth-order valence-electron chi connectivity index (χ4n) is 1.35. The second-order valence-corrected chi connectivity index (χ2v) is 3.88. The fraction of sp³-hybridized carbons (Fsp3) is 0.667. The van der Waals surface area contributed by atoms with Gasteiger partial charge in [-0.05, 0) is 0 Å². The molecular weight excluding hydrogens is 284 g/mol. The molecule has 6 nitrogen and oxygen atoms in total. The van der Waals surface area contributed by atoms with Gasteiger partial charge in [-0.3, -0.25) is 9.59 Å². The Morgan fingerprint density at radius 3 is 2.31 bits per heavy atom. The maximum Gasteiger partial charge on any atom is 0.352 e. The minimum atomic E-state index is -1.18. The summed E-state index contributed by atoms with van der Waals surface area (Å²) in [4.78, 5) is 33.0. The minimum Gasteiger partial charge on any atom is -0.454 e. The molecule has 1 saturated heterocycles. The van der Waals surface area contributed by atoms with E-state index in [-0.39, 0.29) is 0 Å². The lowest BCUT2D eigenvalue weighted by atomic mass is 10.1. The van der Waals surface area contributed by atoms with Gasteiger partial charge in [-0.1, -0.05) is 15.9 Å². The van der Waals surface area contributed by atoms with E-state index in [0.29, 0.717) is 5.33 Å². The fourth-order valence-corrected chi connectivity index (χ4v) is 1.86. The quantitative estimate of drug-likeness (QED) is 0.419. The SMILES string of the molecule is CC(=O)O[C@@H]1[C@@H](CBr)OC(=O)[C@@H]1OC(C)=O. The molecular formula is C9H11BrO6. The van der Waals surface area contributed by atoms with Gasteiger partial charge in [-0.2, -0.15) is 0 Å². The Hall–Kier alpha value is -1.11. The third-order valence-corrected chi connectivity index (χ3v) is 2.55. The summed E-state index contributed by atoms with van der Waals surface area (Å²) in [5, 5.41) is 0.300. The summed E-state index contributed by atoms with van der Waals surface area (Å²) < 4.78 is 14.6. The van der Waals surface area contributed by atoms with Crippen LogP contribution in [-0.4, -0.2) is 41.5 Å². The molecule has 0 N–H and O–H groups in total. The van der Waals surface area contributed by atoms with Crippen molar-refractivity contribution >= 4 is 33.8 Å². The summed E-state index contributed by atoms with van der Waals surface area (Å²) in [7, 11) is 0. The Morgan fingerprint density at radius 2 is 1.88 bits per heavy atom. The highest BCUT2D eigenvalue weighted by Crippen LogP contribution is 2.23. The van der Waals surface area contributed by atoms with Crippen LogP contribution in [0.3, 0.4) is 0 Å². The number of cyclic esters (lactones) is 1. The first-order chi connectivity index (χ1) is 7.45. The molecule has 0 aromatic rings. The van der Waals surface area contributed by atoms with E-state index >= 15 is 0 Å². The first-order valence-electron chi connectivity index (χ1n) is 4.56. The van der Waals surface area contributed by atoms with E-state index in [2.05, 4.69) is 15.9 Å². The Labute approximate surface area is 100 Å². The van der Waals surface area contributed by atoms with Gasteiger partial charge in [-0.15, -0.1) is 0 Å². The lowest BCUT2D eigenvalue weighted by molar-refractivity contribution is -0.166. The van der Waals surface area contributed by atoms with E-state index in [1.807, 2.05) is 0 Å². The Balaban J connectivity index is 2.80. The van der Waals surface area contributed by atoms with Crippen LogP contribution in [0.5, 0.6) is 0 Å². The van der Waals surface area contributed by atoms with Crippen molar-refractivity contribution in [1.82, 2.24) is 0 Å². The summed E-state index contributed by atoms with van der Waals surface area (Å²) in [6.07, 6.45) is -2.71. The van der Waals surface area contributed by atoms with E-state index < -0.39 is 36.2 Å². The lowest BCUT2D eigenvalue weighted by Crippen LogP contribution is -2.39. The van der Waals surface area contributed by atoms with E-state index in [1.165, 1.54) is 13.8 Å². The molecule has 1 aliphatic rings. The van der Waals surface area contributed by atoms with Crippen LogP contribution in [0.15, 0.2) is 0 Å². The summed E-state index contributed by atoms with van der Waals surface area (Å²) >= 11 is 3.12. The molecule has 16 heavy (non-hydrogen) atoms. The zero-order valence-electron chi connectivity index (χ0n) is 8.77. The van der Waals surface area contributed by atoms with Crippen molar-refractivity contribution in [2.45, 2.75) is 32.2 Å². The molecule has 3 atom stereocenters. The van der Waals surface area contributed by atoms with Crippen molar-refractivity contribution in [1.29, 1.82) is 0 Å². The van der Waals surface area contributed by atoms with Crippen molar-refractivity contribution in [3.63, 3.8) is 0 Å². The number of carbonyl (C=O) groups excluding carboxylic acids is 3. The molecule has 0 aromatic heterocycles. The Morgan fingerprint density at radius 1 is 1.31 bits per heavy atom. The summed E-state index contributed by atoms with van der Waals surface area (Å²) in [5.74, 6) is -1.90. The molecule has 7 heteroatoms. The van der Waals surface area contributed by atoms with Crippen molar-refractivity contribution in [2.75, 3.05) is 5.33 Å². The predicted octanol–water partition coefficient (Wildman–Crippen LogP) is 0.170. The maximum absolute atomic E-state index is 11.4. The number of esters is 3. The number of alkyl halides is 1. The molecule has 0 radical (unpaired) electrons. The van der Waals surface area contributed by atoms with Gasteiger partial charge in [0.1, 0.15) is 0 Å². The summed E-state index contributed by atoms with van der Waals surface area (Å²) in [5.41, 5.74) is 0. The molecule has 1 rings (SSSR count). The lowest BCUT2D eigenvalue weighted by Gasteiger charge is -2.18. The van der Waals surface area contributed by atoms with Crippen molar-refractivity contribution in [3.05, 3.63) is 0 Å². The maximum atomic E-state index is 11.4. The molecule has 1 fully saturated rings. The highest BCUT2D eigenvalue weighted by molar-refractivity contribution is 9.09. The number of ether oxygens (including phenoxy) is 3. The van der Waals surface area contributed by atoms with Gasteiger partial charge in [0.25, 0.3) is 0 Å².